The first kappa shape index (κ1) is 22.9. The highest BCUT2D eigenvalue weighted by atomic mass is 15.0. The molecule has 0 atom stereocenters. The van der Waals surface area contributed by atoms with E-state index in [0.29, 0.717) is 17.5 Å². The second kappa shape index (κ2) is 9.54. The second-order valence-corrected chi connectivity index (χ2v) is 9.46. The van der Waals surface area contributed by atoms with Crippen molar-refractivity contribution in [3.05, 3.63) is 127 Å². The van der Waals surface area contributed by atoms with E-state index in [4.69, 9.17) is 19.9 Å². The molecule has 0 bridgehead atoms. The van der Waals surface area contributed by atoms with Crippen molar-refractivity contribution in [2.75, 3.05) is 0 Å². The van der Waals surface area contributed by atoms with E-state index in [1.165, 1.54) is 10.8 Å². The standard InChI is InChI=1S/C34H23N5/c1-22-10-9-17-31(36-22)30-19-18-25(21-35-30)33-37-32(23-11-3-2-4-12-23)38-34(39-33)29-20-24-13-5-6-14-26(24)27-15-7-8-16-28(27)29/h2-21H,1H3. The van der Waals surface area contributed by atoms with Crippen molar-refractivity contribution in [3.8, 4) is 45.6 Å². The fourth-order valence-electron chi connectivity index (χ4n) is 4.94. The molecule has 184 valence electrons. The molecule has 4 aromatic carbocycles. The van der Waals surface area contributed by atoms with Crippen molar-refractivity contribution in [1.82, 2.24) is 24.9 Å². The molecule has 7 rings (SSSR count). The Bertz CT molecular complexity index is 1970. The summed E-state index contributed by atoms with van der Waals surface area (Å²) in [5, 5.41) is 4.63. The quantitative estimate of drug-likeness (QED) is 0.229. The van der Waals surface area contributed by atoms with Gasteiger partial charge in [-0.3, -0.25) is 9.97 Å². The van der Waals surface area contributed by atoms with Crippen LogP contribution in [0.4, 0.5) is 0 Å². The monoisotopic (exact) mass is 501 g/mol. The Balaban J connectivity index is 1.43. The molecule has 3 aromatic heterocycles. The first-order valence-electron chi connectivity index (χ1n) is 12.9. The third-order valence-electron chi connectivity index (χ3n) is 6.85. The van der Waals surface area contributed by atoms with Gasteiger partial charge in [0.1, 0.15) is 0 Å². The van der Waals surface area contributed by atoms with Crippen LogP contribution in [0.15, 0.2) is 121 Å². The number of pyridine rings is 2. The minimum Gasteiger partial charge on any atom is -0.254 e. The van der Waals surface area contributed by atoms with Crippen LogP contribution >= 0.6 is 0 Å². The molecule has 5 heteroatoms. The Labute approximate surface area is 225 Å². The summed E-state index contributed by atoms with van der Waals surface area (Å²) in [4.78, 5) is 24.2. The molecule has 7 aromatic rings. The van der Waals surface area contributed by atoms with Crippen molar-refractivity contribution in [3.63, 3.8) is 0 Å². The van der Waals surface area contributed by atoms with Gasteiger partial charge in [-0.25, -0.2) is 15.0 Å². The minimum absolute atomic E-state index is 0.576. The van der Waals surface area contributed by atoms with Gasteiger partial charge in [-0.1, -0.05) is 84.9 Å². The molecule has 0 fully saturated rings. The molecule has 0 aliphatic heterocycles. The number of aryl methyl sites for hydroxylation is 1. The lowest BCUT2D eigenvalue weighted by Crippen LogP contribution is -2.01. The highest BCUT2D eigenvalue weighted by Gasteiger charge is 2.16. The molecular weight excluding hydrogens is 478 g/mol. The van der Waals surface area contributed by atoms with E-state index in [-0.39, 0.29) is 0 Å². The zero-order chi connectivity index (χ0) is 26.2. The molecule has 39 heavy (non-hydrogen) atoms. The maximum Gasteiger partial charge on any atom is 0.165 e. The van der Waals surface area contributed by atoms with E-state index in [1.807, 2.05) is 73.8 Å². The summed E-state index contributed by atoms with van der Waals surface area (Å²) in [6.07, 6.45) is 1.81. The normalized spacial score (nSPS) is 11.2. The smallest absolute Gasteiger partial charge is 0.165 e. The van der Waals surface area contributed by atoms with E-state index < -0.39 is 0 Å². The molecule has 0 saturated heterocycles. The number of benzene rings is 4. The first-order chi connectivity index (χ1) is 19.2. The summed E-state index contributed by atoms with van der Waals surface area (Å²) in [6.45, 7) is 1.98. The first-order valence-corrected chi connectivity index (χ1v) is 12.9. The van der Waals surface area contributed by atoms with E-state index in [0.717, 1.165) is 44.5 Å². The largest absolute Gasteiger partial charge is 0.254 e. The van der Waals surface area contributed by atoms with E-state index >= 15 is 0 Å². The Hall–Kier alpha value is -5.29. The highest BCUT2D eigenvalue weighted by Crippen LogP contribution is 2.35. The zero-order valence-corrected chi connectivity index (χ0v) is 21.3. The van der Waals surface area contributed by atoms with Crippen molar-refractivity contribution in [2.45, 2.75) is 6.92 Å². The Morgan fingerprint density at radius 2 is 1.15 bits per heavy atom. The summed E-state index contributed by atoms with van der Waals surface area (Å²) in [6, 6.07) is 38.9. The van der Waals surface area contributed by atoms with Crippen molar-refractivity contribution < 1.29 is 0 Å². The molecule has 3 heterocycles. The molecule has 0 unspecified atom stereocenters. The maximum absolute atomic E-state index is 5.00. The highest BCUT2D eigenvalue weighted by molar-refractivity contribution is 6.13. The maximum atomic E-state index is 5.00. The number of fused-ring (bicyclic) bond motifs is 3. The molecule has 0 radical (unpaired) electrons. The van der Waals surface area contributed by atoms with E-state index in [1.54, 1.807) is 0 Å². The number of hydrogen-bond acceptors (Lipinski definition) is 5. The fourth-order valence-corrected chi connectivity index (χ4v) is 4.94. The van der Waals surface area contributed by atoms with Crippen molar-refractivity contribution >= 4 is 21.5 Å². The van der Waals surface area contributed by atoms with Gasteiger partial charge in [0.05, 0.1) is 11.4 Å². The van der Waals surface area contributed by atoms with Gasteiger partial charge < -0.3 is 0 Å². The minimum atomic E-state index is 0.576. The van der Waals surface area contributed by atoms with Gasteiger partial charge in [0.25, 0.3) is 0 Å². The summed E-state index contributed by atoms with van der Waals surface area (Å²) < 4.78 is 0. The average Bonchev–Trinajstić information content (AvgIpc) is 3.01. The van der Waals surface area contributed by atoms with Crippen molar-refractivity contribution in [2.24, 2.45) is 0 Å². The molecule has 5 nitrogen and oxygen atoms in total. The van der Waals surface area contributed by atoms with Crippen LogP contribution in [0.1, 0.15) is 5.69 Å². The van der Waals surface area contributed by atoms with Crippen molar-refractivity contribution in [1.29, 1.82) is 0 Å². The third kappa shape index (κ3) is 4.30. The lowest BCUT2D eigenvalue weighted by molar-refractivity contribution is 1.07. The molecule has 0 amide bonds. The van der Waals surface area contributed by atoms with E-state index in [9.17, 15) is 0 Å². The lowest BCUT2D eigenvalue weighted by Gasteiger charge is -2.12. The number of nitrogens with zero attached hydrogens (tertiary/aromatic N) is 5. The van der Waals surface area contributed by atoms with Crippen LogP contribution in [0.3, 0.4) is 0 Å². The Kier molecular flexibility index (Phi) is 5.60. The Morgan fingerprint density at radius 3 is 1.92 bits per heavy atom. The number of rotatable bonds is 4. The van der Waals surface area contributed by atoms with Crippen LogP contribution in [0.5, 0.6) is 0 Å². The summed E-state index contributed by atoms with van der Waals surface area (Å²) in [5.74, 6) is 1.83. The Morgan fingerprint density at radius 1 is 0.462 bits per heavy atom. The number of hydrogen-bond donors (Lipinski definition) is 0. The zero-order valence-electron chi connectivity index (χ0n) is 21.3. The average molecular weight is 502 g/mol. The van der Waals surface area contributed by atoms with Gasteiger partial charge in [0, 0.05) is 28.6 Å². The van der Waals surface area contributed by atoms with Crippen LogP contribution in [-0.4, -0.2) is 24.9 Å². The fraction of sp³-hybridized carbons (Fsp3) is 0.0294. The van der Waals surface area contributed by atoms with Crippen LogP contribution in [0.2, 0.25) is 0 Å². The molecule has 0 aliphatic carbocycles. The van der Waals surface area contributed by atoms with Gasteiger partial charge in [-0.2, -0.15) is 0 Å². The summed E-state index contributed by atoms with van der Waals surface area (Å²) >= 11 is 0. The third-order valence-corrected chi connectivity index (χ3v) is 6.85. The predicted molar refractivity (Wildman–Crippen MR) is 157 cm³/mol. The van der Waals surface area contributed by atoms with Gasteiger partial charge in [0.2, 0.25) is 0 Å². The van der Waals surface area contributed by atoms with Gasteiger partial charge in [-0.15, -0.1) is 0 Å². The summed E-state index contributed by atoms with van der Waals surface area (Å²) in [7, 11) is 0. The number of aromatic nitrogens is 5. The van der Waals surface area contributed by atoms with Crippen LogP contribution in [0, 0.1) is 6.92 Å². The SMILES string of the molecule is Cc1cccc(-c2ccc(-c3nc(-c4ccccc4)nc(-c4cc5ccccc5c5ccccc45)n3)cn2)n1. The van der Waals surface area contributed by atoms with Gasteiger partial charge in [-0.05, 0) is 58.8 Å². The molecule has 0 N–H and O–H groups in total. The van der Waals surface area contributed by atoms with Crippen LogP contribution < -0.4 is 0 Å². The molecule has 0 saturated carbocycles. The van der Waals surface area contributed by atoms with Crippen LogP contribution in [-0.2, 0) is 0 Å². The second-order valence-electron chi connectivity index (χ2n) is 9.46. The van der Waals surface area contributed by atoms with Gasteiger partial charge in [0.15, 0.2) is 17.5 Å². The molecular formula is C34H23N5. The topological polar surface area (TPSA) is 64.5 Å². The van der Waals surface area contributed by atoms with Gasteiger partial charge >= 0.3 is 0 Å². The molecule has 0 aliphatic rings. The van der Waals surface area contributed by atoms with E-state index in [2.05, 4.69) is 59.6 Å². The lowest BCUT2D eigenvalue weighted by atomic mass is 9.97. The van der Waals surface area contributed by atoms with Crippen LogP contribution in [0.25, 0.3) is 67.1 Å². The predicted octanol–water partition coefficient (Wildman–Crippen LogP) is 7.94. The molecule has 0 spiro atoms. The summed E-state index contributed by atoms with van der Waals surface area (Å²) in [5.41, 5.74) is 5.32.